The third kappa shape index (κ3) is 4.95. The van der Waals surface area contributed by atoms with Crippen LogP contribution in [0.3, 0.4) is 0 Å². The topological polar surface area (TPSA) is 54.0 Å². The zero-order valence-corrected chi connectivity index (χ0v) is 12.3. The molecule has 6 heteroatoms. The molecule has 1 rings (SSSR count). The lowest BCUT2D eigenvalue weighted by atomic mass is 10.4. The van der Waals surface area contributed by atoms with Gasteiger partial charge in [-0.3, -0.25) is 0 Å². The molecule has 96 valence electrons. The summed E-state index contributed by atoms with van der Waals surface area (Å²) in [7, 11) is 0. The molecular formula is C11H19N3OS2. The molecule has 0 saturated heterocycles. The predicted octanol–water partition coefficient (Wildman–Crippen LogP) is 2.31. The van der Waals surface area contributed by atoms with E-state index in [-0.39, 0.29) is 12.1 Å². The Kier molecular flexibility index (Phi) is 5.77. The average Bonchev–Trinajstić information content (AvgIpc) is 2.56. The van der Waals surface area contributed by atoms with E-state index in [1.165, 1.54) is 4.88 Å². The number of aromatic nitrogens is 1. The Morgan fingerprint density at radius 3 is 2.76 bits per heavy atom. The first-order valence-electron chi connectivity index (χ1n) is 5.49. The Labute approximate surface area is 111 Å². The number of urea groups is 1. The number of rotatable bonds is 5. The number of thioether (sulfide) groups is 1. The van der Waals surface area contributed by atoms with E-state index in [0.29, 0.717) is 6.54 Å². The van der Waals surface area contributed by atoms with E-state index in [1.54, 1.807) is 23.1 Å². The summed E-state index contributed by atoms with van der Waals surface area (Å²) in [6.45, 7) is 6.51. The van der Waals surface area contributed by atoms with Crippen molar-refractivity contribution >= 4 is 29.1 Å². The number of nitrogens with zero attached hydrogens (tertiary/aromatic N) is 1. The normalized spacial score (nSPS) is 12.2. The number of aryl methyl sites for hydroxylation is 2. The largest absolute Gasteiger partial charge is 0.335 e. The number of thiazole rings is 1. The van der Waals surface area contributed by atoms with Gasteiger partial charge in [0, 0.05) is 16.7 Å². The van der Waals surface area contributed by atoms with E-state index < -0.39 is 0 Å². The molecule has 1 heterocycles. The molecule has 0 radical (unpaired) electrons. The predicted molar refractivity (Wildman–Crippen MR) is 74.8 cm³/mol. The first-order chi connectivity index (χ1) is 8.02. The monoisotopic (exact) mass is 273 g/mol. The molecule has 0 aliphatic rings. The maximum Gasteiger partial charge on any atom is 0.315 e. The maximum atomic E-state index is 11.5. The molecule has 0 aromatic carbocycles. The molecule has 0 aliphatic carbocycles. The number of carbonyl (C=O) groups excluding carboxylic acids is 1. The second kappa shape index (κ2) is 6.86. The first-order valence-corrected chi connectivity index (χ1v) is 7.70. The second-order valence-corrected chi connectivity index (χ2v) is 6.13. The summed E-state index contributed by atoms with van der Waals surface area (Å²) >= 11 is 3.35. The van der Waals surface area contributed by atoms with Crippen LogP contribution in [0.4, 0.5) is 4.79 Å². The Morgan fingerprint density at radius 1 is 1.53 bits per heavy atom. The number of nitrogens with one attached hydrogen (secondary N) is 2. The van der Waals surface area contributed by atoms with Gasteiger partial charge in [0.25, 0.3) is 0 Å². The fraction of sp³-hybridized carbons (Fsp3) is 0.636. The van der Waals surface area contributed by atoms with E-state index in [0.717, 1.165) is 16.5 Å². The van der Waals surface area contributed by atoms with Gasteiger partial charge in [-0.1, -0.05) is 0 Å². The summed E-state index contributed by atoms with van der Waals surface area (Å²) in [5.41, 5.74) is 1.04. The molecule has 2 N–H and O–H groups in total. The van der Waals surface area contributed by atoms with Crippen molar-refractivity contribution in [1.82, 2.24) is 15.6 Å². The summed E-state index contributed by atoms with van der Waals surface area (Å²) < 4.78 is 0. The van der Waals surface area contributed by atoms with E-state index in [4.69, 9.17) is 0 Å². The molecule has 0 saturated carbocycles. The molecule has 2 amide bonds. The van der Waals surface area contributed by atoms with Crippen LogP contribution in [0.25, 0.3) is 0 Å². The summed E-state index contributed by atoms with van der Waals surface area (Å²) in [6, 6.07) is 0.0572. The van der Waals surface area contributed by atoms with Gasteiger partial charge >= 0.3 is 6.03 Å². The third-order valence-electron chi connectivity index (χ3n) is 2.27. The van der Waals surface area contributed by atoms with Gasteiger partial charge in [0.1, 0.15) is 5.01 Å². The molecule has 4 nitrogen and oxygen atoms in total. The highest BCUT2D eigenvalue weighted by atomic mass is 32.2. The number of hydrogen-bond donors (Lipinski definition) is 2. The minimum atomic E-state index is -0.128. The lowest BCUT2D eigenvalue weighted by Gasteiger charge is -2.12. The zero-order valence-electron chi connectivity index (χ0n) is 10.7. The molecule has 0 spiro atoms. The highest BCUT2D eigenvalue weighted by Gasteiger charge is 2.08. The van der Waals surface area contributed by atoms with Gasteiger partial charge in [0.2, 0.25) is 0 Å². The Balaban J connectivity index is 2.33. The van der Waals surface area contributed by atoms with E-state index in [1.807, 2.05) is 27.0 Å². The van der Waals surface area contributed by atoms with Crippen LogP contribution in [0.5, 0.6) is 0 Å². The van der Waals surface area contributed by atoms with Gasteiger partial charge in [-0.2, -0.15) is 11.8 Å². The zero-order chi connectivity index (χ0) is 12.8. The summed E-state index contributed by atoms with van der Waals surface area (Å²) in [5.74, 6) is 0.920. The van der Waals surface area contributed by atoms with Crippen molar-refractivity contribution in [2.45, 2.75) is 33.4 Å². The molecule has 0 fully saturated rings. The smallest absolute Gasteiger partial charge is 0.315 e. The number of carbonyl (C=O) groups is 1. The minimum Gasteiger partial charge on any atom is -0.335 e. The summed E-state index contributed by atoms with van der Waals surface area (Å²) in [5, 5.41) is 6.65. The Morgan fingerprint density at radius 2 is 2.24 bits per heavy atom. The Bertz CT molecular complexity index is 359. The standard InChI is InChI=1S/C11H19N3OS2/c1-7(6-16-4)13-11(15)12-5-10-14-8(2)9(3)17-10/h7H,5-6H2,1-4H3,(H2,12,13,15)/t7-/m0/s1. The molecule has 17 heavy (non-hydrogen) atoms. The quantitative estimate of drug-likeness (QED) is 0.865. The van der Waals surface area contributed by atoms with Crippen LogP contribution in [0.1, 0.15) is 22.5 Å². The number of amides is 2. The van der Waals surface area contributed by atoms with Crippen molar-refractivity contribution in [3.63, 3.8) is 0 Å². The SMILES string of the molecule is CSC[C@H](C)NC(=O)NCc1nc(C)c(C)s1. The lowest BCUT2D eigenvalue weighted by Crippen LogP contribution is -2.41. The van der Waals surface area contributed by atoms with Crippen LogP contribution in [-0.2, 0) is 6.54 Å². The van der Waals surface area contributed by atoms with E-state index >= 15 is 0 Å². The lowest BCUT2D eigenvalue weighted by molar-refractivity contribution is 0.238. The molecule has 1 atom stereocenters. The summed E-state index contributed by atoms with van der Waals surface area (Å²) in [4.78, 5) is 17.1. The number of hydrogen-bond acceptors (Lipinski definition) is 4. The van der Waals surface area contributed by atoms with Crippen molar-refractivity contribution in [2.24, 2.45) is 0 Å². The van der Waals surface area contributed by atoms with Gasteiger partial charge in [0.05, 0.1) is 12.2 Å². The minimum absolute atomic E-state index is 0.128. The van der Waals surface area contributed by atoms with Gasteiger partial charge in [0.15, 0.2) is 0 Å². The summed E-state index contributed by atoms with van der Waals surface area (Å²) in [6.07, 6.45) is 2.03. The van der Waals surface area contributed by atoms with Crippen LogP contribution < -0.4 is 10.6 Å². The van der Waals surface area contributed by atoms with Crippen LogP contribution in [0.15, 0.2) is 0 Å². The molecule has 0 bridgehead atoms. The highest BCUT2D eigenvalue weighted by molar-refractivity contribution is 7.98. The van der Waals surface area contributed by atoms with Crippen LogP contribution >= 0.6 is 23.1 Å². The third-order valence-corrected chi connectivity index (χ3v) is 4.17. The van der Waals surface area contributed by atoms with Gasteiger partial charge < -0.3 is 10.6 Å². The fourth-order valence-electron chi connectivity index (χ4n) is 1.34. The van der Waals surface area contributed by atoms with Crippen molar-refractivity contribution in [3.8, 4) is 0 Å². The maximum absolute atomic E-state index is 11.5. The van der Waals surface area contributed by atoms with Crippen LogP contribution in [0, 0.1) is 13.8 Å². The van der Waals surface area contributed by atoms with Gasteiger partial charge in [-0.05, 0) is 27.0 Å². The van der Waals surface area contributed by atoms with Crippen molar-refractivity contribution in [1.29, 1.82) is 0 Å². The highest BCUT2D eigenvalue weighted by Crippen LogP contribution is 2.15. The van der Waals surface area contributed by atoms with E-state index in [9.17, 15) is 4.79 Å². The first kappa shape index (κ1) is 14.3. The molecular weight excluding hydrogens is 254 g/mol. The van der Waals surface area contributed by atoms with Crippen molar-refractivity contribution < 1.29 is 4.79 Å². The Hall–Kier alpha value is -0.750. The average molecular weight is 273 g/mol. The van der Waals surface area contributed by atoms with E-state index in [2.05, 4.69) is 15.6 Å². The van der Waals surface area contributed by atoms with Gasteiger partial charge in [-0.15, -0.1) is 11.3 Å². The second-order valence-electron chi connectivity index (χ2n) is 3.93. The van der Waals surface area contributed by atoms with Crippen LogP contribution in [0.2, 0.25) is 0 Å². The van der Waals surface area contributed by atoms with Crippen molar-refractivity contribution in [3.05, 3.63) is 15.6 Å². The van der Waals surface area contributed by atoms with Crippen molar-refractivity contribution in [2.75, 3.05) is 12.0 Å². The van der Waals surface area contributed by atoms with Gasteiger partial charge in [-0.25, -0.2) is 9.78 Å². The molecule has 0 unspecified atom stereocenters. The molecule has 0 aliphatic heterocycles. The molecule has 1 aromatic heterocycles. The van der Waals surface area contributed by atoms with Crippen LogP contribution in [-0.4, -0.2) is 29.1 Å². The fourth-order valence-corrected chi connectivity index (χ4v) is 2.79. The molecule has 1 aromatic rings.